The minimum atomic E-state index is 0. The maximum Gasteiger partial charge on any atom is 0.226 e. The van der Waals surface area contributed by atoms with Gasteiger partial charge in [0.15, 0.2) is 6.67 Å². The summed E-state index contributed by atoms with van der Waals surface area (Å²) < 4.78 is 6.58. The van der Waals surface area contributed by atoms with Crippen molar-refractivity contribution in [3.8, 4) is 0 Å². The lowest BCUT2D eigenvalue weighted by Crippen LogP contribution is -3.00. The first-order chi connectivity index (χ1) is 15.6. The minimum Gasteiger partial charge on any atom is -1.00 e. The van der Waals surface area contributed by atoms with E-state index in [0.717, 1.165) is 50.3 Å². The van der Waals surface area contributed by atoms with Gasteiger partial charge in [0.2, 0.25) is 5.91 Å². The molecule has 1 amide bonds. The molecule has 1 saturated heterocycles. The van der Waals surface area contributed by atoms with Crippen molar-refractivity contribution in [2.24, 2.45) is 0 Å². The Hall–Kier alpha value is -0.360. The highest BCUT2D eigenvalue weighted by Crippen LogP contribution is 2.15. The molecule has 0 aromatic rings. The highest BCUT2D eigenvalue weighted by Gasteiger charge is 2.29. The van der Waals surface area contributed by atoms with E-state index in [-0.39, 0.29) is 24.9 Å². The summed E-state index contributed by atoms with van der Waals surface area (Å²) in [5.41, 5.74) is 0. The molecule has 1 atom stereocenters. The third kappa shape index (κ3) is 17.7. The van der Waals surface area contributed by atoms with Crippen LogP contribution in [0.25, 0.3) is 0 Å². The number of aliphatic hydroxyl groups is 1. The predicted molar refractivity (Wildman–Crippen MR) is 135 cm³/mol. The summed E-state index contributed by atoms with van der Waals surface area (Å²) in [4.78, 5) is 13.9. The number of carbonyl (C=O) groups excluding carboxylic acids is 1. The van der Waals surface area contributed by atoms with Crippen molar-refractivity contribution in [2.45, 2.75) is 116 Å². The first-order valence-electron chi connectivity index (χ1n) is 13.9. The summed E-state index contributed by atoms with van der Waals surface area (Å²) in [6.07, 6.45) is 22.0. The zero-order valence-electron chi connectivity index (χ0n) is 22.0. The van der Waals surface area contributed by atoms with Crippen LogP contribution in [0.1, 0.15) is 116 Å². The Morgan fingerprint density at radius 2 is 1.33 bits per heavy atom. The Labute approximate surface area is 211 Å². The predicted octanol–water partition coefficient (Wildman–Crippen LogP) is 2.90. The lowest BCUT2D eigenvalue weighted by atomic mass is 10.0. The average Bonchev–Trinajstić information content (AvgIpc) is 3.17. The van der Waals surface area contributed by atoms with Crippen molar-refractivity contribution in [1.29, 1.82) is 0 Å². The van der Waals surface area contributed by atoms with E-state index in [2.05, 4.69) is 14.0 Å². The van der Waals surface area contributed by atoms with Gasteiger partial charge in [0, 0.05) is 26.0 Å². The third-order valence-corrected chi connectivity index (χ3v) is 6.95. The summed E-state index contributed by atoms with van der Waals surface area (Å²) in [7, 11) is 2.15. The summed E-state index contributed by atoms with van der Waals surface area (Å²) >= 11 is 0. The molecule has 0 bridgehead atoms. The van der Waals surface area contributed by atoms with Crippen LogP contribution in [0, 0.1) is 0 Å². The van der Waals surface area contributed by atoms with E-state index in [1.165, 1.54) is 89.9 Å². The van der Waals surface area contributed by atoms with E-state index in [1.807, 2.05) is 4.90 Å². The van der Waals surface area contributed by atoms with Crippen LogP contribution in [-0.2, 0) is 9.53 Å². The van der Waals surface area contributed by atoms with Crippen molar-refractivity contribution in [3.05, 3.63) is 0 Å². The van der Waals surface area contributed by atoms with Crippen LogP contribution < -0.4 is 12.4 Å². The SMILES string of the molecule is CCCCCCCCCCCCCCCCOCCC[N+](C)(CCO)CN1CCCC1=O.[Cl-]. The van der Waals surface area contributed by atoms with Crippen LogP contribution in [0.3, 0.4) is 0 Å². The minimum absolute atomic E-state index is 0. The van der Waals surface area contributed by atoms with Crippen molar-refractivity contribution >= 4 is 5.91 Å². The zero-order chi connectivity index (χ0) is 23.3. The fourth-order valence-corrected chi connectivity index (χ4v) is 4.81. The van der Waals surface area contributed by atoms with Gasteiger partial charge in [0.1, 0.15) is 6.54 Å². The first kappa shape index (κ1) is 32.6. The van der Waals surface area contributed by atoms with Gasteiger partial charge in [-0.15, -0.1) is 0 Å². The van der Waals surface area contributed by atoms with Crippen LogP contribution in [0.2, 0.25) is 0 Å². The van der Waals surface area contributed by atoms with E-state index >= 15 is 0 Å². The van der Waals surface area contributed by atoms with Crippen molar-refractivity contribution in [1.82, 2.24) is 4.90 Å². The first-order valence-corrected chi connectivity index (χ1v) is 13.9. The molecule has 0 saturated carbocycles. The van der Waals surface area contributed by atoms with Gasteiger partial charge >= 0.3 is 0 Å². The van der Waals surface area contributed by atoms with Gasteiger partial charge in [-0.25, -0.2) is 0 Å². The molecule has 1 rings (SSSR count). The average molecular weight is 491 g/mol. The van der Waals surface area contributed by atoms with E-state index in [9.17, 15) is 9.90 Å². The van der Waals surface area contributed by atoms with Gasteiger partial charge in [-0.05, 0) is 12.8 Å². The molecule has 1 fully saturated rings. The van der Waals surface area contributed by atoms with E-state index in [0.29, 0.717) is 13.0 Å². The van der Waals surface area contributed by atoms with E-state index in [1.54, 1.807) is 0 Å². The second-order valence-electron chi connectivity index (χ2n) is 10.3. The molecule has 1 N–H and O–H groups in total. The Morgan fingerprint density at radius 1 is 0.818 bits per heavy atom. The molecule has 1 aliphatic rings. The van der Waals surface area contributed by atoms with Gasteiger partial charge in [0.05, 0.1) is 26.8 Å². The monoisotopic (exact) mass is 490 g/mol. The molecule has 0 aromatic heterocycles. The van der Waals surface area contributed by atoms with Crippen molar-refractivity contribution in [2.75, 3.05) is 53.2 Å². The largest absolute Gasteiger partial charge is 1.00 e. The zero-order valence-corrected chi connectivity index (χ0v) is 22.8. The fraction of sp³-hybridized carbons (Fsp3) is 0.963. The standard InChI is InChI=1S/C27H55N2O3.ClH/c1-3-4-5-6-7-8-9-10-11-12-13-14-15-16-24-32-25-18-21-29(2,22-23-30)26-28-20-17-19-27(28)31;/h30H,3-26H2,1-2H3;1H/q+1;/p-1. The number of hydrogen-bond acceptors (Lipinski definition) is 3. The number of unbranched alkanes of at least 4 members (excludes halogenated alkanes) is 13. The molecule has 0 spiro atoms. The quantitative estimate of drug-likeness (QED) is 0.177. The van der Waals surface area contributed by atoms with Crippen LogP contribution in [0.4, 0.5) is 0 Å². The number of quaternary nitrogens is 1. The van der Waals surface area contributed by atoms with Crippen LogP contribution in [-0.4, -0.2) is 73.6 Å². The summed E-state index contributed by atoms with van der Waals surface area (Å²) in [5, 5.41) is 9.44. The van der Waals surface area contributed by atoms with Crippen LogP contribution in [0.15, 0.2) is 0 Å². The highest BCUT2D eigenvalue weighted by atomic mass is 35.5. The summed E-state index contributed by atoms with van der Waals surface area (Å²) in [6.45, 7) is 7.33. The van der Waals surface area contributed by atoms with Gasteiger partial charge in [-0.1, -0.05) is 90.4 Å². The molecule has 0 radical (unpaired) electrons. The smallest absolute Gasteiger partial charge is 0.226 e. The second kappa shape index (κ2) is 22.1. The van der Waals surface area contributed by atoms with Crippen molar-refractivity contribution < 1.29 is 31.5 Å². The molecular weight excluding hydrogens is 436 g/mol. The van der Waals surface area contributed by atoms with E-state index < -0.39 is 0 Å². The fourth-order valence-electron chi connectivity index (χ4n) is 4.81. The molecule has 1 unspecified atom stereocenters. The third-order valence-electron chi connectivity index (χ3n) is 6.95. The number of rotatable bonds is 23. The Balaban J connectivity index is 0.0000102. The molecule has 1 heterocycles. The number of amides is 1. The second-order valence-corrected chi connectivity index (χ2v) is 10.3. The van der Waals surface area contributed by atoms with Gasteiger partial charge < -0.3 is 26.7 Å². The lowest BCUT2D eigenvalue weighted by Gasteiger charge is -2.37. The molecular formula is C27H55ClN2O3. The lowest BCUT2D eigenvalue weighted by molar-refractivity contribution is -0.918. The Bertz CT molecular complexity index is 453. The normalized spacial score (nSPS) is 15.6. The molecule has 1 aliphatic heterocycles. The van der Waals surface area contributed by atoms with Gasteiger partial charge in [0.25, 0.3) is 0 Å². The Kier molecular flexibility index (Phi) is 21.9. The number of aliphatic hydroxyl groups excluding tert-OH is 1. The molecule has 198 valence electrons. The molecule has 5 nitrogen and oxygen atoms in total. The maximum atomic E-state index is 11.9. The topological polar surface area (TPSA) is 49.8 Å². The number of hydrogen-bond donors (Lipinski definition) is 1. The van der Waals surface area contributed by atoms with Crippen LogP contribution in [0.5, 0.6) is 0 Å². The number of likely N-dealkylation sites (N-methyl/N-ethyl adjacent to an activating group) is 1. The van der Waals surface area contributed by atoms with Crippen molar-refractivity contribution in [3.63, 3.8) is 0 Å². The number of ether oxygens (including phenoxy) is 1. The van der Waals surface area contributed by atoms with Crippen LogP contribution >= 0.6 is 0 Å². The number of likely N-dealkylation sites (tertiary alicyclic amines) is 1. The number of carbonyl (C=O) groups is 1. The van der Waals surface area contributed by atoms with Gasteiger partial charge in [-0.2, -0.15) is 0 Å². The molecule has 6 heteroatoms. The number of halogens is 1. The molecule has 0 aromatic carbocycles. The Morgan fingerprint density at radius 3 is 1.82 bits per heavy atom. The highest BCUT2D eigenvalue weighted by molar-refractivity contribution is 5.77. The van der Waals surface area contributed by atoms with Gasteiger partial charge in [-0.3, -0.25) is 9.69 Å². The number of nitrogens with zero attached hydrogens (tertiary/aromatic N) is 2. The summed E-state index contributed by atoms with van der Waals surface area (Å²) in [6, 6.07) is 0. The maximum absolute atomic E-state index is 11.9. The van der Waals surface area contributed by atoms with E-state index in [4.69, 9.17) is 4.74 Å². The molecule has 0 aliphatic carbocycles. The molecule has 33 heavy (non-hydrogen) atoms. The summed E-state index contributed by atoms with van der Waals surface area (Å²) in [5.74, 6) is 0.265.